The van der Waals surface area contributed by atoms with Crippen LogP contribution in [-0.4, -0.2) is 29.3 Å². The van der Waals surface area contributed by atoms with Crippen LogP contribution in [0.25, 0.3) is 0 Å². The standard InChI is InChI=1S/C25H29N3O3/c1-4-16-8-6-9-17(5-2)22(16)26-21(29)15-28-23(30)25(3,27-24(28)31)20-13-12-18-10-7-11-19(18)14-20/h6,8-9,12-14H,4-5,7,10-11,15H2,1-3H3,(H,26,29)(H,27,31). The molecule has 1 aliphatic carbocycles. The van der Waals surface area contributed by atoms with Crippen LogP contribution in [0.5, 0.6) is 0 Å². The Balaban J connectivity index is 1.53. The summed E-state index contributed by atoms with van der Waals surface area (Å²) in [7, 11) is 0. The van der Waals surface area contributed by atoms with Gasteiger partial charge in [-0.2, -0.15) is 0 Å². The van der Waals surface area contributed by atoms with Crippen LogP contribution in [0.1, 0.15) is 55.0 Å². The number of urea groups is 1. The van der Waals surface area contributed by atoms with E-state index in [1.807, 2.05) is 50.2 Å². The van der Waals surface area contributed by atoms with Gasteiger partial charge >= 0.3 is 6.03 Å². The lowest BCUT2D eigenvalue weighted by Gasteiger charge is -2.23. The van der Waals surface area contributed by atoms with Crippen LogP contribution in [-0.2, 0) is 40.8 Å². The third-order valence-electron chi connectivity index (χ3n) is 6.52. The number of rotatable bonds is 6. The summed E-state index contributed by atoms with van der Waals surface area (Å²) in [5.41, 5.74) is 5.00. The number of nitrogens with one attached hydrogen (secondary N) is 2. The van der Waals surface area contributed by atoms with E-state index in [2.05, 4.69) is 10.6 Å². The van der Waals surface area contributed by atoms with E-state index in [1.54, 1.807) is 6.92 Å². The van der Waals surface area contributed by atoms with E-state index in [-0.39, 0.29) is 12.5 Å². The lowest BCUT2D eigenvalue weighted by Crippen LogP contribution is -2.42. The zero-order chi connectivity index (χ0) is 22.2. The molecule has 2 aromatic rings. The number of hydrogen-bond acceptors (Lipinski definition) is 3. The van der Waals surface area contributed by atoms with Crippen molar-refractivity contribution in [3.63, 3.8) is 0 Å². The van der Waals surface area contributed by atoms with Crippen LogP contribution in [0, 0.1) is 0 Å². The first-order valence-electron chi connectivity index (χ1n) is 11.0. The molecule has 31 heavy (non-hydrogen) atoms. The number of aryl methyl sites for hydroxylation is 4. The van der Waals surface area contributed by atoms with Crippen molar-refractivity contribution in [2.24, 2.45) is 0 Å². The van der Waals surface area contributed by atoms with Crippen molar-refractivity contribution >= 4 is 23.5 Å². The molecule has 6 heteroatoms. The molecule has 0 aromatic heterocycles. The van der Waals surface area contributed by atoms with Gasteiger partial charge in [0, 0.05) is 5.69 Å². The van der Waals surface area contributed by atoms with Crippen LogP contribution in [0.15, 0.2) is 36.4 Å². The van der Waals surface area contributed by atoms with Crippen molar-refractivity contribution in [2.45, 2.75) is 58.4 Å². The number of para-hydroxylation sites is 1. The summed E-state index contributed by atoms with van der Waals surface area (Å²) >= 11 is 0. The number of benzene rings is 2. The Hall–Kier alpha value is -3.15. The zero-order valence-corrected chi connectivity index (χ0v) is 18.4. The van der Waals surface area contributed by atoms with Gasteiger partial charge in [-0.15, -0.1) is 0 Å². The minimum atomic E-state index is -1.16. The Morgan fingerprint density at radius 2 is 1.74 bits per heavy atom. The number of fused-ring (bicyclic) bond motifs is 1. The topological polar surface area (TPSA) is 78.5 Å². The maximum atomic E-state index is 13.2. The van der Waals surface area contributed by atoms with Crippen molar-refractivity contribution < 1.29 is 14.4 Å². The quantitative estimate of drug-likeness (QED) is 0.701. The number of imide groups is 1. The number of anilines is 1. The third kappa shape index (κ3) is 3.71. The predicted molar refractivity (Wildman–Crippen MR) is 120 cm³/mol. The molecule has 0 radical (unpaired) electrons. The van der Waals surface area contributed by atoms with Gasteiger partial charge in [-0.1, -0.05) is 50.2 Å². The number of hydrogen-bond donors (Lipinski definition) is 2. The molecule has 2 aromatic carbocycles. The maximum Gasteiger partial charge on any atom is 0.325 e. The summed E-state index contributed by atoms with van der Waals surface area (Å²) in [5, 5.41) is 5.75. The summed E-state index contributed by atoms with van der Waals surface area (Å²) in [6.07, 6.45) is 4.72. The SMILES string of the molecule is CCc1cccc(CC)c1NC(=O)CN1C(=O)NC(C)(c2ccc3c(c2)CCC3)C1=O. The Kier molecular flexibility index (Phi) is 5.56. The van der Waals surface area contributed by atoms with Gasteiger partial charge in [0.1, 0.15) is 12.1 Å². The molecule has 1 fully saturated rings. The fourth-order valence-corrected chi connectivity index (χ4v) is 4.64. The van der Waals surface area contributed by atoms with E-state index in [1.165, 1.54) is 11.1 Å². The molecule has 0 saturated carbocycles. The van der Waals surface area contributed by atoms with Crippen LogP contribution >= 0.6 is 0 Å². The number of carbonyl (C=O) groups is 3. The first-order valence-corrected chi connectivity index (χ1v) is 11.0. The Bertz CT molecular complexity index is 1040. The van der Waals surface area contributed by atoms with E-state index >= 15 is 0 Å². The Morgan fingerprint density at radius 1 is 1.06 bits per heavy atom. The monoisotopic (exact) mass is 419 g/mol. The molecule has 0 bridgehead atoms. The number of carbonyl (C=O) groups excluding carboxylic acids is 3. The van der Waals surface area contributed by atoms with Gasteiger partial charge in [-0.25, -0.2) is 4.79 Å². The average molecular weight is 420 g/mol. The van der Waals surface area contributed by atoms with Crippen LogP contribution in [0.2, 0.25) is 0 Å². The third-order valence-corrected chi connectivity index (χ3v) is 6.52. The van der Waals surface area contributed by atoms with Crippen LogP contribution in [0.3, 0.4) is 0 Å². The minimum absolute atomic E-state index is 0.313. The van der Waals surface area contributed by atoms with Crippen molar-refractivity contribution in [3.8, 4) is 0 Å². The van der Waals surface area contributed by atoms with Gasteiger partial charge in [0.25, 0.3) is 5.91 Å². The second-order valence-corrected chi connectivity index (χ2v) is 8.49. The molecule has 4 rings (SSSR count). The summed E-state index contributed by atoms with van der Waals surface area (Å²) < 4.78 is 0. The highest BCUT2D eigenvalue weighted by Gasteiger charge is 2.49. The van der Waals surface area contributed by atoms with Crippen LogP contribution in [0.4, 0.5) is 10.5 Å². The fourth-order valence-electron chi connectivity index (χ4n) is 4.64. The average Bonchev–Trinajstić information content (AvgIpc) is 3.32. The molecule has 162 valence electrons. The summed E-state index contributed by atoms with van der Waals surface area (Å²) in [6, 6.07) is 11.4. The minimum Gasteiger partial charge on any atom is -0.324 e. The molecule has 0 spiro atoms. The van der Waals surface area contributed by atoms with Gasteiger partial charge in [0.15, 0.2) is 0 Å². The smallest absolute Gasteiger partial charge is 0.324 e. The molecule has 6 nitrogen and oxygen atoms in total. The molecule has 1 heterocycles. The lowest BCUT2D eigenvalue weighted by molar-refractivity contribution is -0.133. The molecule has 1 atom stereocenters. The predicted octanol–water partition coefficient (Wildman–Crippen LogP) is 3.71. The molecule has 1 aliphatic heterocycles. The highest BCUT2D eigenvalue weighted by molar-refractivity contribution is 6.10. The molecule has 1 saturated heterocycles. The normalized spacial score (nSPS) is 20.0. The van der Waals surface area contributed by atoms with Crippen molar-refractivity contribution in [3.05, 3.63) is 64.2 Å². The summed E-state index contributed by atoms with van der Waals surface area (Å²) in [4.78, 5) is 39.7. The largest absolute Gasteiger partial charge is 0.325 e. The first kappa shape index (κ1) is 21.1. The second kappa shape index (κ2) is 8.17. The van der Waals surface area contributed by atoms with Crippen molar-refractivity contribution in [1.82, 2.24) is 10.2 Å². The molecule has 4 amide bonds. The summed E-state index contributed by atoms with van der Waals surface area (Å²) in [5.74, 6) is -0.776. The summed E-state index contributed by atoms with van der Waals surface area (Å²) in [6.45, 7) is 5.46. The van der Waals surface area contributed by atoms with Crippen molar-refractivity contribution in [1.29, 1.82) is 0 Å². The van der Waals surface area contributed by atoms with Gasteiger partial charge in [0.05, 0.1) is 0 Å². The van der Waals surface area contributed by atoms with E-state index in [4.69, 9.17) is 0 Å². The van der Waals surface area contributed by atoms with Gasteiger partial charge in [-0.3, -0.25) is 14.5 Å². The molecular formula is C25H29N3O3. The highest BCUT2D eigenvalue weighted by Crippen LogP contribution is 2.32. The van der Waals surface area contributed by atoms with Crippen molar-refractivity contribution in [2.75, 3.05) is 11.9 Å². The van der Waals surface area contributed by atoms with E-state index in [0.29, 0.717) is 0 Å². The van der Waals surface area contributed by atoms with Gasteiger partial charge < -0.3 is 10.6 Å². The van der Waals surface area contributed by atoms with E-state index < -0.39 is 17.5 Å². The number of amides is 4. The zero-order valence-electron chi connectivity index (χ0n) is 18.4. The van der Waals surface area contributed by atoms with Gasteiger partial charge in [-0.05, 0) is 66.8 Å². The van der Waals surface area contributed by atoms with E-state index in [0.717, 1.165) is 59.4 Å². The maximum absolute atomic E-state index is 13.2. The molecule has 2 N–H and O–H groups in total. The molecular weight excluding hydrogens is 390 g/mol. The van der Waals surface area contributed by atoms with E-state index in [9.17, 15) is 14.4 Å². The Labute approximate surface area is 183 Å². The molecule has 1 unspecified atom stereocenters. The Morgan fingerprint density at radius 3 is 2.42 bits per heavy atom. The lowest BCUT2D eigenvalue weighted by atomic mass is 9.89. The number of nitrogens with zero attached hydrogens (tertiary/aromatic N) is 1. The van der Waals surface area contributed by atoms with Crippen LogP contribution < -0.4 is 10.6 Å². The second-order valence-electron chi connectivity index (χ2n) is 8.49. The fraction of sp³-hybridized carbons (Fsp3) is 0.400. The molecule has 2 aliphatic rings. The first-order chi connectivity index (χ1) is 14.9. The highest BCUT2D eigenvalue weighted by atomic mass is 16.2. The van der Waals surface area contributed by atoms with Gasteiger partial charge in [0.2, 0.25) is 5.91 Å².